The first-order valence-corrected chi connectivity index (χ1v) is 7.70. The lowest BCUT2D eigenvalue weighted by molar-refractivity contribution is -0.00771. The zero-order valence-electron chi connectivity index (χ0n) is 13.1. The second-order valence-corrected chi connectivity index (χ2v) is 5.51. The number of furan rings is 1. The third-order valence-corrected chi connectivity index (χ3v) is 3.87. The number of aromatic nitrogens is 1. The van der Waals surface area contributed by atoms with Crippen molar-refractivity contribution < 1.29 is 18.7 Å². The Hall–Kier alpha value is -2.34. The molecule has 1 fully saturated rings. The van der Waals surface area contributed by atoms with E-state index in [1.807, 2.05) is 12.1 Å². The molecule has 6 heteroatoms. The maximum absolute atomic E-state index is 12.5. The van der Waals surface area contributed by atoms with Crippen LogP contribution in [0.1, 0.15) is 29.0 Å². The second-order valence-electron chi connectivity index (χ2n) is 5.51. The number of methoxy groups -OCH3 is 1. The van der Waals surface area contributed by atoms with Gasteiger partial charge in [0.2, 0.25) is 0 Å². The van der Waals surface area contributed by atoms with Crippen LogP contribution in [0.3, 0.4) is 0 Å². The number of rotatable bonds is 5. The van der Waals surface area contributed by atoms with Gasteiger partial charge in [-0.05, 0) is 30.5 Å². The molecule has 122 valence electrons. The minimum Gasteiger partial charge on any atom is -0.468 e. The number of pyridine rings is 1. The van der Waals surface area contributed by atoms with E-state index in [9.17, 15) is 4.79 Å². The fraction of sp³-hybridized carbons (Fsp3) is 0.412. The smallest absolute Gasteiger partial charge is 0.289 e. The fourth-order valence-corrected chi connectivity index (χ4v) is 2.66. The van der Waals surface area contributed by atoms with Gasteiger partial charge >= 0.3 is 0 Å². The highest BCUT2D eigenvalue weighted by Gasteiger charge is 2.26. The monoisotopic (exact) mass is 316 g/mol. The van der Waals surface area contributed by atoms with Gasteiger partial charge in [0.15, 0.2) is 5.76 Å². The van der Waals surface area contributed by atoms with Crippen LogP contribution in [0, 0.1) is 0 Å². The van der Waals surface area contributed by atoms with E-state index in [0.29, 0.717) is 31.4 Å². The van der Waals surface area contributed by atoms with Gasteiger partial charge in [-0.1, -0.05) is 6.07 Å². The molecule has 0 N–H and O–H groups in total. The Balaban J connectivity index is 1.56. The zero-order valence-corrected chi connectivity index (χ0v) is 13.1. The van der Waals surface area contributed by atoms with E-state index >= 15 is 0 Å². The van der Waals surface area contributed by atoms with Crippen molar-refractivity contribution in [2.45, 2.75) is 25.6 Å². The number of piperidine rings is 1. The summed E-state index contributed by atoms with van der Waals surface area (Å²) in [5.41, 5.74) is 1.03. The third-order valence-electron chi connectivity index (χ3n) is 3.87. The average Bonchev–Trinajstić information content (AvgIpc) is 3.10. The first-order chi connectivity index (χ1) is 11.3. The summed E-state index contributed by atoms with van der Waals surface area (Å²) in [6.45, 7) is 1.80. The molecule has 0 bridgehead atoms. The lowest BCUT2D eigenvalue weighted by Gasteiger charge is -2.32. The quantitative estimate of drug-likeness (QED) is 0.848. The van der Waals surface area contributed by atoms with Crippen molar-refractivity contribution in [1.29, 1.82) is 0 Å². The van der Waals surface area contributed by atoms with Gasteiger partial charge < -0.3 is 18.8 Å². The molecule has 0 radical (unpaired) electrons. The summed E-state index contributed by atoms with van der Waals surface area (Å²) in [7, 11) is 1.51. The van der Waals surface area contributed by atoms with E-state index in [0.717, 1.165) is 18.4 Å². The predicted octanol–water partition coefficient (Wildman–Crippen LogP) is 2.50. The highest BCUT2D eigenvalue weighted by atomic mass is 16.6. The van der Waals surface area contributed by atoms with Gasteiger partial charge in [0.25, 0.3) is 11.9 Å². The number of carbonyl (C=O) groups excluding carboxylic acids is 1. The number of carbonyl (C=O) groups is 1. The summed E-state index contributed by atoms with van der Waals surface area (Å²) < 4.78 is 16.2. The second kappa shape index (κ2) is 7.28. The topological polar surface area (TPSA) is 64.8 Å². The molecule has 1 aliphatic heterocycles. The number of likely N-dealkylation sites (tertiary alicyclic amines) is 1. The van der Waals surface area contributed by atoms with E-state index in [-0.39, 0.29) is 12.0 Å². The van der Waals surface area contributed by atoms with Crippen molar-refractivity contribution in [2.75, 3.05) is 20.2 Å². The molecule has 1 aliphatic rings. The Bertz CT molecular complexity index is 641. The number of nitrogens with zero attached hydrogens (tertiary/aromatic N) is 2. The molecule has 2 aromatic rings. The van der Waals surface area contributed by atoms with Crippen molar-refractivity contribution in [3.05, 3.63) is 48.0 Å². The summed E-state index contributed by atoms with van der Waals surface area (Å²) in [5.74, 6) is 0.521. The van der Waals surface area contributed by atoms with E-state index in [4.69, 9.17) is 13.9 Å². The highest BCUT2D eigenvalue weighted by molar-refractivity contribution is 5.91. The molecule has 1 atom stereocenters. The Morgan fingerprint density at radius 3 is 3.09 bits per heavy atom. The molecule has 1 unspecified atom stereocenters. The Kier molecular flexibility index (Phi) is 4.92. The van der Waals surface area contributed by atoms with Crippen LogP contribution in [0.25, 0.3) is 0 Å². The van der Waals surface area contributed by atoms with Crippen LogP contribution in [0.5, 0.6) is 5.95 Å². The van der Waals surface area contributed by atoms with Gasteiger partial charge in [0.1, 0.15) is 0 Å². The Morgan fingerprint density at radius 2 is 2.35 bits per heavy atom. The van der Waals surface area contributed by atoms with Crippen molar-refractivity contribution in [1.82, 2.24) is 9.88 Å². The minimum absolute atomic E-state index is 0.0322. The van der Waals surface area contributed by atoms with Gasteiger partial charge in [-0.2, -0.15) is 0 Å². The molecular formula is C17H20N2O4. The van der Waals surface area contributed by atoms with Crippen molar-refractivity contribution in [3.8, 4) is 5.95 Å². The first kappa shape index (κ1) is 15.6. The summed E-state index contributed by atoms with van der Waals surface area (Å²) >= 11 is 0. The van der Waals surface area contributed by atoms with E-state index in [2.05, 4.69) is 4.98 Å². The largest absolute Gasteiger partial charge is 0.468 e. The molecule has 0 saturated carbocycles. The van der Waals surface area contributed by atoms with Gasteiger partial charge in [0, 0.05) is 31.5 Å². The summed E-state index contributed by atoms with van der Waals surface area (Å²) in [6, 6.07) is 7.16. The standard InChI is InChI=1S/C17H20N2O4/c1-21-16-7-6-15(23-16)17(20)19-9-3-5-14(11-19)22-12-13-4-2-8-18-10-13/h2,4,6-8,10,14H,3,5,9,11-12H2,1H3. The normalized spacial score (nSPS) is 18.0. The molecule has 0 spiro atoms. The molecule has 0 aliphatic carbocycles. The molecule has 0 aromatic carbocycles. The van der Waals surface area contributed by atoms with Crippen LogP contribution < -0.4 is 4.74 Å². The van der Waals surface area contributed by atoms with Crippen molar-refractivity contribution >= 4 is 5.91 Å². The summed E-state index contributed by atoms with van der Waals surface area (Å²) in [5, 5.41) is 0. The predicted molar refractivity (Wildman–Crippen MR) is 83.2 cm³/mol. The molecular weight excluding hydrogens is 296 g/mol. The first-order valence-electron chi connectivity index (χ1n) is 7.70. The van der Waals surface area contributed by atoms with Gasteiger partial charge in [-0.3, -0.25) is 9.78 Å². The zero-order chi connectivity index (χ0) is 16.1. The maximum Gasteiger partial charge on any atom is 0.289 e. The van der Waals surface area contributed by atoms with Gasteiger partial charge in [-0.25, -0.2) is 0 Å². The number of amides is 1. The highest BCUT2D eigenvalue weighted by Crippen LogP contribution is 2.20. The van der Waals surface area contributed by atoms with E-state index < -0.39 is 0 Å². The maximum atomic E-state index is 12.5. The van der Waals surface area contributed by atoms with Crippen LogP contribution in [0.4, 0.5) is 0 Å². The third kappa shape index (κ3) is 3.90. The van der Waals surface area contributed by atoms with Gasteiger partial charge in [0.05, 0.1) is 19.8 Å². The minimum atomic E-state index is -0.122. The van der Waals surface area contributed by atoms with Crippen molar-refractivity contribution in [3.63, 3.8) is 0 Å². The van der Waals surface area contributed by atoms with Crippen molar-refractivity contribution in [2.24, 2.45) is 0 Å². The lowest BCUT2D eigenvalue weighted by atomic mass is 10.1. The molecule has 3 heterocycles. The van der Waals surface area contributed by atoms with Gasteiger partial charge in [-0.15, -0.1) is 0 Å². The molecule has 3 rings (SSSR count). The molecule has 1 saturated heterocycles. The van der Waals surface area contributed by atoms with Crippen LogP contribution >= 0.6 is 0 Å². The number of hydrogen-bond acceptors (Lipinski definition) is 5. The number of hydrogen-bond donors (Lipinski definition) is 0. The summed E-state index contributed by atoms with van der Waals surface area (Å²) in [4.78, 5) is 18.3. The van der Waals surface area contributed by atoms with Crippen LogP contribution in [-0.4, -0.2) is 42.1 Å². The molecule has 1 amide bonds. The van der Waals surface area contributed by atoms with E-state index in [1.165, 1.54) is 7.11 Å². The average molecular weight is 316 g/mol. The molecule has 6 nitrogen and oxygen atoms in total. The Labute approximate surface area is 135 Å². The van der Waals surface area contributed by atoms with Crippen LogP contribution in [-0.2, 0) is 11.3 Å². The summed E-state index contributed by atoms with van der Waals surface area (Å²) in [6.07, 6.45) is 5.43. The Morgan fingerprint density at radius 1 is 1.43 bits per heavy atom. The molecule has 23 heavy (non-hydrogen) atoms. The van der Waals surface area contributed by atoms with Crippen LogP contribution in [0.2, 0.25) is 0 Å². The lowest BCUT2D eigenvalue weighted by Crippen LogP contribution is -2.43. The van der Waals surface area contributed by atoms with Crippen LogP contribution in [0.15, 0.2) is 41.1 Å². The number of ether oxygens (including phenoxy) is 2. The SMILES string of the molecule is COc1ccc(C(=O)N2CCCC(OCc3cccnc3)C2)o1. The molecule has 2 aromatic heterocycles. The fourth-order valence-electron chi connectivity index (χ4n) is 2.66. The van der Waals surface area contributed by atoms with E-state index in [1.54, 1.807) is 29.4 Å².